The molecule has 1 aromatic carbocycles. The highest BCUT2D eigenvalue weighted by atomic mass is 32.2. The Morgan fingerprint density at radius 2 is 1.93 bits per heavy atom. The van der Waals surface area contributed by atoms with Crippen LogP contribution in [0.5, 0.6) is 0 Å². The lowest BCUT2D eigenvalue weighted by molar-refractivity contribution is -0.123. The van der Waals surface area contributed by atoms with Gasteiger partial charge in [0, 0.05) is 12.6 Å². The number of carbonyl (C=O) groups is 3. The average Bonchev–Trinajstić information content (AvgIpc) is 3.43. The molecule has 0 atom stereocenters. The first-order valence-corrected chi connectivity index (χ1v) is 10.6. The van der Waals surface area contributed by atoms with Gasteiger partial charge in [-0.25, -0.2) is 22.7 Å². The standard InChI is InChI=1S/C18H25N3O6S/c1-3-4-9-19-18(24)20-16(22)11-27-17(23)15-10-14(8-5-12(15)2)28(25,26)21-13-6-7-13/h5,8,10,13,21H,3-4,6-7,9,11H2,1-2H3,(H2,19,20,22,24). The second-order valence-corrected chi connectivity index (χ2v) is 8.32. The first kappa shape index (κ1) is 21.8. The molecule has 1 saturated carbocycles. The molecule has 0 radical (unpaired) electrons. The smallest absolute Gasteiger partial charge is 0.338 e. The van der Waals surface area contributed by atoms with Crippen molar-refractivity contribution in [2.45, 2.75) is 50.5 Å². The molecule has 1 aliphatic carbocycles. The predicted octanol–water partition coefficient (Wildman–Crippen LogP) is 1.22. The average molecular weight is 411 g/mol. The first-order valence-electron chi connectivity index (χ1n) is 9.10. The maximum atomic E-state index is 12.3. The molecule has 0 saturated heterocycles. The van der Waals surface area contributed by atoms with Crippen LogP contribution in [-0.2, 0) is 19.6 Å². The molecule has 2 rings (SSSR count). The normalized spacial score (nSPS) is 13.6. The summed E-state index contributed by atoms with van der Waals surface area (Å²) in [6.07, 6.45) is 3.27. The van der Waals surface area contributed by atoms with Crippen molar-refractivity contribution >= 4 is 27.9 Å². The Morgan fingerprint density at radius 1 is 1.21 bits per heavy atom. The molecule has 0 bridgehead atoms. The number of hydrogen-bond donors (Lipinski definition) is 3. The molecule has 3 amide bonds. The van der Waals surface area contributed by atoms with Crippen molar-refractivity contribution in [3.05, 3.63) is 29.3 Å². The van der Waals surface area contributed by atoms with Gasteiger partial charge in [0.25, 0.3) is 5.91 Å². The van der Waals surface area contributed by atoms with Gasteiger partial charge < -0.3 is 10.1 Å². The molecule has 3 N–H and O–H groups in total. The third kappa shape index (κ3) is 6.61. The van der Waals surface area contributed by atoms with Crippen LogP contribution in [-0.4, -0.2) is 45.5 Å². The number of ether oxygens (including phenoxy) is 1. The number of rotatable bonds is 9. The highest BCUT2D eigenvalue weighted by Gasteiger charge is 2.28. The number of nitrogens with one attached hydrogen (secondary N) is 3. The molecule has 0 unspecified atom stereocenters. The fourth-order valence-electron chi connectivity index (χ4n) is 2.27. The van der Waals surface area contributed by atoms with E-state index >= 15 is 0 Å². The topological polar surface area (TPSA) is 131 Å². The van der Waals surface area contributed by atoms with Crippen molar-refractivity contribution in [3.63, 3.8) is 0 Å². The molecule has 0 spiro atoms. The highest BCUT2D eigenvalue weighted by molar-refractivity contribution is 7.89. The van der Waals surface area contributed by atoms with Gasteiger partial charge in [-0.3, -0.25) is 10.1 Å². The summed E-state index contributed by atoms with van der Waals surface area (Å²) in [7, 11) is -3.72. The number of amides is 3. The van der Waals surface area contributed by atoms with Gasteiger partial charge in [0.1, 0.15) is 0 Å². The number of sulfonamides is 1. The van der Waals surface area contributed by atoms with Crippen LogP contribution in [0.15, 0.2) is 23.1 Å². The van der Waals surface area contributed by atoms with Crippen LogP contribution >= 0.6 is 0 Å². The Bertz CT molecular complexity index is 849. The molecule has 9 nitrogen and oxygen atoms in total. The molecule has 1 fully saturated rings. The van der Waals surface area contributed by atoms with Gasteiger partial charge in [-0.2, -0.15) is 0 Å². The molecule has 0 heterocycles. The van der Waals surface area contributed by atoms with Crippen molar-refractivity contribution in [2.75, 3.05) is 13.2 Å². The summed E-state index contributed by atoms with van der Waals surface area (Å²) in [6.45, 7) is 3.37. The predicted molar refractivity (Wildman–Crippen MR) is 101 cm³/mol. The van der Waals surface area contributed by atoms with Crippen molar-refractivity contribution < 1.29 is 27.5 Å². The zero-order chi connectivity index (χ0) is 20.7. The van der Waals surface area contributed by atoms with E-state index in [1.54, 1.807) is 6.92 Å². The van der Waals surface area contributed by atoms with E-state index in [-0.39, 0.29) is 16.5 Å². The van der Waals surface area contributed by atoms with Gasteiger partial charge in [0.05, 0.1) is 10.5 Å². The molecule has 0 aromatic heterocycles. The van der Waals surface area contributed by atoms with Crippen molar-refractivity contribution in [2.24, 2.45) is 0 Å². The third-order valence-corrected chi connectivity index (χ3v) is 5.56. The lowest BCUT2D eigenvalue weighted by Crippen LogP contribution is -2.41. The molecule has 1 aromatic rings. The summed E-state index contributed by atoms with van der Waals surface area (Å²) >= 11 is 0. The van der Waals surface area contributed by atoms with E-state index < -0.39 is 34.5 Å². The van der Waals surface area contributed by atoms with E-state index in [0.717, 1.165) is 25.7 Å². The van der Waals surface area contributed by atoms with Gasteiger partial charge in [0.15, 0.2) is 6.61 Å². The van der Waals surface area contributed by atoms with Crippen LogP contribution in [0.3, 0.4) is 0 Å². The van der Waals surface area contributed by atoms with Gasteiger partial charge in [-0.05, 0) is 43.9 Å². The van der Waals surface area contributed by atoms with E-state index in [9.17, 15) is 22.8 Å². The summed E-state index contributed by atoms with van der Waals surface area (Å²) in [4.78, 5) is 35.4. The van der Waals surface area contributed by atoms with E-state index in [0.29, 0.717) is 12.1 Å². The van der Waals surface area contributed by atoms with Crippen LogP contribution in [0, 0.1) is 6.92 Å². The summed E-state index contributed by atoms with van der Waals surface area (Å²) in [6, 6.07) is 3.40. The third-order valence-electron chi connectivity index (χ3n) is 4.04. The minimum atomic E-state index is -3.72. The summed E-state index contributed by atoms with van der Waals surface area (Å²) in [5.74, 6) is -1.62. The molecular formula is C18H25N3O6S. The Balaban J connectivity index is 1.93. The van der Waals surface area contributed by atoms with Crippen LogP contribution in [0.1, 0.15) is 48.5 Å². The van der Waals surface area contributed by atoms with E-state index in [1.807, 2.05) is 6.92 Å². The number of esters is 1. The number of benzene rings is 1. The van der Waals surface area contributed by atoms with Crippen molar-refractivity contribution in [1.29, 1.82) is 0 Å². The number of carbonyl (C=O) groups excluding carboxylic acids is 3. The fourth-order valence-corrected chi connectivity index (χ4v) is 3.60. The molecule has 28 heavy (non-hydrogen) atoms. The minimum absolute atomic E-state index is 0.0406. The number of hydrogen-bond acceptors (Lipinski definition) is 6. The second kappa shape index (κ2) is 9.65. The zero-order valence-electron chi connectivity index (χ0n) is 15.9. The number of urea groups is 1. The molecular weight excluding hydrogens is 386 g/mol. The largest absolute Gasteiger partial charge is 0.452 e. The Morgan fingerprint density at radius 3 is 2.57 bits per heavy atom. The Labute approximate surface area is 164 Å². The maximum absolute atomic E-state index is 12.3. The number of aryl methyl sites for hydroxylation is 1. The summed E-state index contributed by atoms with van der Waals surface area (Å²) < 4.78 is 32.0. The molecule has 10 heteroatoms. The molecule has 0 aliphatic heterocycles. The van der Waals surface area contributed by atoms with E-state index in [1.165, 1.54) is 18.2 Å². The monoisotopic (exact) mass is 411 g/mol. The van der Waals surface area contributed by atoms with Crippen molar-refractivity contribution in [3.8, 4) is 0 Å². The molecule has 1 aliphatic rings. The van der Waals surface area contributed by atoms with Crippen LogP contribution in [0.4, 0.5) is 4.79 Å². The number of imide groups is 1. The van der Waals surface area contributed by atoms with Crippen LogP contribution in [0.2, 0.25) is 0 Å². The second-order valence-electron chi connectivity index (χ2n) is 6.61. The van der Waals surface area contributed by atoms with Gasteiger partial charge in [0.2, 0.25) is 10.0 Å². The van der Waals surface area contributed by atoms with Gasteiger partial charge in [-0.1, -0.05) is 19.4 Å². The summed E-state index contributed by atoms with van der Waals surface area (Å²) in [5, 5.41) is 4.55. The Kier molecular flexibility index (Phi) is 7.53. The van der Waals surface area contributed by atoms with Crippen LogP contribution < -0.4 is 15.4 Å². The number of unbranched alkanes of at least 4 members (excludes halogenated alkanes) is 1. The molecule has 154 valence electrons. The van der Waals surface area contributed by atoms with Crippen molar-refractivity contribution in [1.82, 2.24) is 15.4 Å². The fraction of sp³-hybridized carbons (Fsp3) is 0.500. The zero-order valence-corrected chi connectivity index (χ0v) is 16.7. The van der Waals surface area contributed by atoms with Crippen LogP contribution in [0.25, 0.3) is 0 Å². The highest BCUT2D eigenvalue weighted by Crippen LogP contribution is 2.23. The maximum Gasteiger partial charge on any atom is 0.338 e. The van der Waals surface area contributed by atoms with Gasteiger partial charge in [-0.15, -0.1) is 0 Å². The SMILES string of the molecule is CCCCNC(=O)NC(=O)COC(=O)c1cc(S(=O)(=O)NC2CC2)ccc1C. The Hall–Kier alpha value is -2.46. The first-order chi connectivity index (χ1) is 13.2. The quantitative estimate of drug-likeness (QED) is 0.414. The lowest BCUT2D eigenvalue weighted by Gasteiger charge is -2.11. The summed E-state index contributed by atoms with van der Waals surface area (Å²) in [5.41, 5.74) is 0.548. The van der Waals surface area contributed by atoms with Gasteiger partial charge >= 0.3 is 12.0 Å². The van der Waals surface area contributed by atoms with E-state index in [2.05, 4.69) is 15.4 Å². The lowest BCUT2D eigenvalue weighted by atomic mass is 10.1. The van der Waals surface area contributed by atoms with E-state index in [4.69, 9.17) is 4.74 Å². The minimum Gasteiger partial charge on any atom is -0.452 e.